The highest BCUT2D eigenvalue weighted by atomic mass is 16.5. The van der Waals surface area contributed by atoms with Crippen LogP contribution in [0.15, 0.2) is 29.0 Å². The van der Waals surface area contributed by atoms with Crippen LogP contribution in [0.5, 0.6) is 0 Å². The molecule has 6 nitrogen and oxygen atoms in total. The van der Waals surface area contributed by atoms with Gasteiger partial charge >= 0.3 is 0 Å². The van der Waals surface area contributed by atoms with Gasteiger partial charge in [0, 0.05) is 44.3 Å². The molecule has 2 aromatic rings. The van der Waals surface area contributed by atoms with Gasteiger partial charge in [-0.2, -0.15) is 0 Å². The van der Waals surface area contributed by atoms with Crippen LogP contribution in [0.4, 0.5) is 5.69 Å². The SMILES string of the molecule is CCc1noc(C)c1C(=O)N1CCN(c2ccncc2)CC1. The molecule has 1 saturated heterocycles. The van der Waals surface area contributed by atoms with Gasteiger partial charge in [-0.05, 0) is 25.5 Å². The molecule has 3 rings (SSSR count). The van der Waals surface area contributed by atoms with Crippen LogP contribution in [0.2, 0.25) is 0 Å². The molecule has 0 saturated carbocycles. The topological polar surface area (TPSA) is 62.5 Å². The molecule has 0 N–H and O–H groups in total. The van der Waals surface area contributed by atoms with Gasteiger partial charge in [0.1, 0.15) is 11.3 Å². The molecule has 0 bridgehead atoms. The zero-order valence-electron chi connectivity index (χ0n) is 13.0. The Kier molecular flexibility index (Phi) is 4.09. The Morgan fingerprint density at radius 3 is 2.55 bits per heavy atom. The summed E-state index contributed by atoms with van der Waals surface area (Å²) < 4.78 is 5.17. The molecular formula is C16H20N4O2. The van der Waals surface area contributed by atoms with E-state index in [1.807, 2.05) is 24.0 Å². The van der Waals surface area contributed by atoms with Crippen molar-refractivity contribution in [3.63, 3.8) is 0 Å². The van der Waals surface area contributed by atoms with Gasteiger partial charge in [-0.1, -0.05) is 12.1 Å². The number of hydrogen-bond donors (Lipinski definition) is 0. The van der Waals surface area contributed by atoms with Gasteiger partial charge in [-0.3, -0.25) is 9.78 Å². The fraction of sp³-hybridized carbons (Fsp3) is 0.438. The third-order valence-electron chi connectivity index (χ3n) is 4.08. The largest absolute Gasteiger partial charge is 0.368 e. The summed E-state index contributed by atoms with van der Waals surface area (Å²) in [6.45, 7) is 6.83. The van der Waals surface area contributed by atoms with Gasteiger partial charge in [-0.15, -0.1) is 0 Å². The normalized spacial score (nSPS) is 15.2. The molecule has 1 amide bonds. The minimum Gasteiger partial charge on any atom is -0.368 e. The summed E-state index contributed by atoms with van der Waals surface area (Å²) in [5, 5.41) is 3.97. The number of rotatable bonds is 3. The number of piperazine rings is 1. The summed E-state index contributed by atoms with van der Waals surface area (Å²) in [4.78, 5) is 20.9. The molecule has 0 spiro atoms. The quantitative estimate of drug-likeness (QED) is 0.866. The summed E-state index contributed by atoms with van der Waals surface area (Å²) in [5.74, 6) is 0.642. The van der Waals surface area contributed by atoms with Gasteiger partial charge < -0.3 is 14.3 Å². The minimum absolute atomic E-state index is 0.0324. The lowest BCUT2D eigenvalue weighted by Gasteiger charge is -2.36. The Morgan fingerprint density at radius 1 is 1.23 bits per heavy atom. The number of carbonyl (C=O) groups excluding carboxylic acids is 1. The number of anilines is 1. The Morgan fingerprint density at radius 2 is 1.91 bits per heavy atom. The molecule has 0 aliphatic carbocycles. The number of aromatic nitrogens is 2. The van der Waals surface area contributed by atoms with E-state index >= 15 is 0 Å². The summed E-state index contributed by atoms with van der Waals surface area (Å²) in [5.41, 5.74) is 2.54. The molecule has 0 unspecified atom stereocenters. The number of pyridine rings is 1. The maximum absolute atomic E-state index is 12.7. The van der Waals surface area contributed by atoms with Crippen LogP contribution in [0.3, 0.4) is 0 Å². The fourth-order valence-electron chi connectivity index (χ4n) is 2.81. The van der Waals surface area contributed by atoms with E-state index in [9.17, 15) is 4.79 Å². The molecule has 6 heteroatoms. The number of amides is 1. The molecule has 0 atom stereocenters. The van der Waals surface area contributed by atoms with E-state index in [4.69, 9.17) is 4.52 Å². The molecule has 2 aromatic heterocycles. The van der Waals surface area contributed by atoms with Crippen molar-refractivity contribution >= 4 is 11.6 Å². The Bertz CT molecular complexity index is 645. The summed E-state index contributed by atoms with van der Waals surface area (Å²) in [7, 11) is 0. The number of aryl methyl sites for hydroxylation is 2. The first-order valence-corrected chi connectivity index (χ1v) is 7.60. The average Bonchev–Trinajstić information content (AvgIpc) is 2.96. The first kappa shape index (κ1) is 14.6. The second-order valence-electron chi connectivity index (χ2n) is 5.40. The van der Waals surface area contributed by atoms with Gasteiger partial charge in [-0.25, -0.2) is 0 Å². The summed E-state index contributed by atoms with van der Waals surface area (Å²) in [6, 6.07) is 3.99. The van der Waals surface area contributed by atoms with Gasteiger partial charge in [0.2, 0.25) is 0 Å². The van der Waals surface area contributed by atoms with Crippen molar-refractivity contribution in [2.75, 3.05) is 31.1 Å². The number of nitrogens with zero attached hydrogens (tertiary/aromatic N) is 4. The van der Waals surface area contributed by atoms with Crippen LogP contribution < -0.4 is 4.90 Å². The highest BCUT2D eigenvalue weighted by Crippen LogP contribution is 2.19. The van der Waals surface area contributed by atoms with E-state index in [1.54, 1.807) is 19.3 Å². The van der Waals surface area contributed by atoms with Crippen molar-refractivity contribution < 1.29 is 9.32 Å². The lowest BCUT2D eigenvalue weighted by Crippen LogP contribution is -2.49. The third-order valence-corrected chi connectivity index (χ3v) is 4.08. The molecule has 116 valence electrons. The van der Waals surface area contributed by atoms with Crippen molar-refractivity contribution in [1.29, 1.82) is 0 Å². The van der Waals surface area contributed by atoms with Crippen molar-refractivity contribution in [2.45, 2.75) is 20.3 Å². The zero-order valence-corrected chi connectivity index (χ0v) is 13.0. The maximum atomic E-state index is 12.7. The van der Waals surface area contributed by atoms with Gasteiger partial charge in [0.15, 0.2) is 0 Å². The summed E-state index contributed by atoms with van der Waals surface area (Å²) in [6.07, 6.45) is 4.29. The van der Waals surface area contributed by atoms with Crippen LogP contribution in [-0.2, 0) is 6.42 Å². The minimum atomic E-state index is 0.0324. The maximum Gasteiger partial charge on any atom is 0.259 e. The standard InChI is InChI=1S/C16H20N4O2/c1-3-14-15(12(2)22-18-14)16(21)20-10-8-19(9-11-20)13-4-6-17-7-5-13/h4-7H,3,8-11H2,1-2H3. The second-order valence-corrected chi connectivity index (χ2v) is 5.40. The first-order chi connectivity index (χ1) is 10.7. The van der Waals surface area contributed by atoms with E-state index in [0.717, 1.165) is 24.5 Å². The number of hydrogen-bond acceptors (Lipinski definition) is 5. The predicted octanol–water partition coefficient (Wildman–Crippen LogP) is 1.90. The van der Waals surface area contributed by atoms with Gasteiger partial charge in [0.25, 0.3) is 5.91 Å². The molecule has 0 radical (unpaired) electrons. The average molecular weight is 300 g/mol. The first-order valence-electron chi connectivity index (χ1n) is 7.60. The summed E-state index contributed by atoms with van der Waals surface area (Å²) >= 11 is 0. The number of carbonyl (C=O) groups is 1. The monoisotopic (exact) mass is 300 g/mol. The Balaban J connectivity index is 1.69. The van der Waals surface area contributed by atoms with Crippen LogP contribution in [0.1, 0.15) is 28.7 Å². The molecular weight excluding hydrogens is 280 g/mol. The second kappa shape index (κ2) is 6.17. The van der Waals surface area contributed by atoms with E-state index in [1.165, 1.54) is 0 Å². The van der Waals surface area contributed by atoms with Crippen LogP contribution in [0, 0.1) is 6.92 Å². The lowest BCUT2D eigenvalue weighted by molar-refractivity contribution is 0.0744. The molecule has 0 aromatic carbocycles. The highest BCUT2D eigenvalue weighted by Gasteiger charge is 2.27. The molecule has 1 aliphatic heterocycles. The van der Waals surface area contributed by atoms with Crippen molar-refractivity contribution in [2.24, 2.45) is 0 Å². The third kappa shape index (κ3) is 2.68. The van der Waals surface area contributed by atoms with Gasteiger partial charge in [0.05, 0.1) is 5.69 Å². The van der Waals surface area contributed by atoms with Crippen LogP contribution >= 0.6 is 0 Å². The smallest absolute Gasteiger partial charge is 0.259 e. The van der Waals surface area contributed by atoms with E-state index < -0.39 is 0 Å². The lowest BCUT2D eigenvalue weighted by atomic mass is 10.1. The molecule has 22 heavy (non-hydrogen) atoms. The van der Waals surface area contributed by atoms with Crippen molar-refractivity contribution in [3.8, 4) is 0 Å². The molecule has 3 heterocycles. The molecule has 1 aliphatic rings. The highest BCUT2D eigenvalue weighted by molar-refractivity contribution is 5.96. The van der Waals surface area contributed by atoms with Crippen molar-refractivity contribution in [3.05, 3.63) is 41.5 Å². The Labute approximate surface area is 129 Å². The van der Waals surface area contributed by atoms with E-state index in [2.05, 4.69) is 15.0 Å². The van der Waals surface area contributed by atoms with Crippen LogP contribution in [-0.4, -0.2) is 47.1 Å². The predicted molar refractivity (Wildman–Crippen MR) is 83.0 cm³/mol. The van der Waals surface area contributed by atoms with Crippen molar-refractivity contribution in [1.82, 2.24) is 15.0 Å². The van der Waals surface area contributed by atoms with E-state index in [-0.39, 0.29) is 5.91 Å². The zero-order chi connectivity index (χ0) is 15.5. The van der Waals surface area contributed by atoms with E-state index in [0.29, 0.717) is 30.8 Å². The fourth-order valence-corrected chi connectivity index (χ4v) is 2.81. The Hall–Kier alpha value is -2.37. The van der Waals surface area contributed by atoms with Crippen LogP contribution in [0.25, 0.3) is 0 Å². The molecule has 1 fully saturated rings.